The molecule has 0 unspecified atom stereocenters. The Morgan fingerprint density at radius 1 is 1.33 bits per heavy atom. The van der Waals surface area contributed by atoms with Crippen LogP contribution in [0.15, 0.2) is 24.4 Å². The third-order valence-corrected chi connectivity index (χ3v) is 4.93. The van der Waals surface area contributed by atoms with Crippen LogP contribution in [0.2, 0.25) is 5.15 Å². The van der Waals surface area contributed by atoms with E-state index in [4.69, 9.17) is 11.6 Å². The maximum Gasteiger partial charge on any atom is 0.152 e. The number of rotatable bonds is 4. The Bertz CT molecular complexity index is 865. The zero-order valence-electron chi connectivity index (χ0n) is 13.9. The van der Waals surface area contributed by atoms with E-state index in [1.165, 1.54) is 0 Å². The summed E-state index contributed by atoms with van der Waals surface area (Å²) in [5.74, 6) is 2.56. The van der Waals surface area contributed by atoms with E-state index < -0.39 is 0 Å². The van der Waals surface area contributed by atoms with Crippen molar-refractivity contribution in [2.75, 3.05) is 0 Å². The second kappa shape index (κ2) is 6.18. The molecule has 0 saturated carbocycles. The van der Waals surface area contributed by atoms with Crippen molar-refractivity contribution in [2.24, 2.45) is 0 Å². The number of hydrogen-bond donors (Lipinski definition) is 1. The van der Waals surface area contributed by atoms with Gasteiger partial charge in [-0.15, -0.1) is 10.2 Å². The van der Waals surface area contributed by atoms with E-state index in [0.717, 1.165) is 42.4 Å². The molecule has 0 saturated heterocycles. The van der Waals surface area contributed by atoms with E-state index in [0.29, 0.717) is 23.7 Å². The molecule has 0 bridgehead atoms. The summed E-state index contributed by atoms with van der Waals surface area (Å²) >= 11 is 6.32. The lowest BCUT2D eigenvalue weighted by molar-refractivity contribution is 0.369. The Balaban J connectivity index is 1.50. The number of hydrogen-bond acceptors (Lipinski definition) is 4. The summed E-state index contributed by atoms with van der Waals surface area (Å²) in [5.41, 5.74) is 1.89. The van der Waals surface area contributed by atoms with Gasteiger partial charge in [0.2, 0.25) is 0 Å². The number of aromatic nitrogens is 5. The first kappa shape index (κ1) is 15.6. The van der Waals surface area contributed by atoms with Gasteiger partial charge in [0.1, 0.15) is 17.3 Å². The van der Waals surface area contributed by atoms with E-state index in [1.54, 1.807) is 0 Å². The van der Waals surface area contributed by atoms with Crippen molar-refractivity contribution < 1.29 is 0 Å². The first-order valence-electron chi connectivity index (χ1n) is 8.40. The summed E-state index contributed by atoms with van der Waals surface area (Å²) in [4.78, 5) is 4.41. The van der Waals surface area contributed by atoms with E-state index in [1.807, 2.05) is 28.8 Å². The largest absolute Gasteiger partial charge is 0.313 e. The van der Waals surface area contributed by atoms with Gasteiger partial charge in [-0.05, 0) is 18.6 Å². The highest BCUT2D eigenvalue weighted by molar-refractivity contribution is 6.30. The highest BCUT2D eigenvalue weighted by Gasteiger charge is 2.24. The summed E-state index contributed by atoms with van der Waals surface area (Å²) in [6.45, 7) is 5.92. The first-order chi connectivity index (χ1) is 11.6. The molecular weight excluding hydrogens is 324 g/mol. The predicted octanol–water partition coefficient (Wildman–Crippen LogP) is 2.81. The molecule has 1 atom stereocenters. The standard InChI is InChI=1S/C17H21ClN6/c1-11(2)17-22-21-15-7-6-12(10-24(15)17)19-9-13-16(18)20-14-5-3-4-8-23(13)14/h3-5,8,11-12,19H,6-7,9-10H2,1-2H3/t12-/m0/s1. The maximum absolute atomic E-state index is 6.32. The van der Waals surface area contributed by atoms with Crippen LogP contribution in [-0.2, 0) is 19.5 Å². The van der Waals surface area contributed by atoms with Crippen LogP contribution in [-0.4, -0.2) is 30.2 Å². The fourth-order valence-electron chi connectivity index (χ4n) is 3.36. The third-order valence-electron chi connectivity index (χ3n) is 4.63. The van der Waals surface area contributed by atoms with Gasteiger partial charge in [-0.25, -0.2) is 4.98 Å². The lowest BCUT2D eigenvalue weighted by Gasteiger charge is -2.26. The predicted molar refractivity (Wildman–Crippen MR) is 93.3 cm³/mol. The molecule has 126 valence electrons. The molecule has 4 rings (SSSR count). The van der Waals surface area contributed by atoms with Crippen LogP contribution in [0.3, 0.4) is 0 Å². The molecule has 4 heterocycles. The number of nitrogens with one attached hydrogen (secondary N) is 1. The molecule has 3 aromatic heterocycles. The molecule has 0 fully saturated rings. The molecule has 7 heteroatoms. The molecule has 0 aliphatic carbocycles. The van der Waals surface area contributed by atoms with Crippen molar-refractivity contribution >= 4 is 17.2 Å². The summed E-state index contributed by atoms with van der Waals surface area (Å²) in [7, 11) is 0. The third kappa shape index (κ3) is 2.70. The molecule has 0 amide bonds. The molecule has 24 heavy (non-hydrogen) atoms. The van der Waals surface area contributed by atoms with Gasteiger partial charge >= 0.3 is 0 Å². The van der Waals surface area contributed by atoms with Crippen molar-refractivity contribution in [2.45, 2.75) is 51.7 Å². The van der Waals surface area contributed by atoms with Gasteiger partial charge in [-0.3, -0.25) is 0 Å². The zero-order valence-corrected chi connectivity index (χ0v) is 14.7. The summed E-state index contributed by atoms with van der Waals surface area (Å²) in [6, 6.07) is 6.32. The Labute approximate surface area is 145 Å². The van der Waals surface area contributed by atoms with Crippen molar-refractivity contribution in [3.63, 3.8) is 0 Å². The van der Waals surface area contributed by atoms with Gasteiger partial charge in [-0.2, -0.15) is 0 Å². The minimum Gasteiger partial charge on any atom is -0.313 e. The van der Waals surface area contributed by atoms with Crippen LogP contribution < -0.4 is 5.32 Å². The average molecular weight is 345 g/mol. The van der Waals surface area contributed by atoms with Crippen LogP contribution in [0.25, 0.3) is 5.65 Å². The highest BCUT2D eigenvalue weighted by atomic mass is 35.5. The van der Waals surface area contributed by atoms with Gasteiger partial charge in [0.25, 0.3) is 0 Å². The molecule has 1 aliphatic heterocycles. The van der Waals surface area contributed by atoms with Crippen molar-refractivity contribution in [1.29, 1.82) is 0 Å². The number of halogens is 1. The first-order valence-corrected chi connectivity index (χ1v) is 8.78. The van der Waals surface area contributed by atoms with Gasteiger partial charge in [0.05, 0.1) is 5.69 Å². The lowest BCUT2D eigenvalue weighted by atomic mass is 10.1. The van der Waals surface area contributed by atoms with E-state index in [2.05, 4.69) is 38.9 Å². The zero-order chi connectivity index (χ0) is 16.7. The molecule has 6 nitrogen and oxygen atoms in total. The smallest absolute Gasteiger partial charge is 0.152 e. The minimum absolute atomic E-state index is 0.385. The van der Waals surface area contributed by atoms with E-state index in [9.17, 15) is 0 Å². The normalized spacial score (nSPS) is 17.6. The topological polar surface area (TPSA) is 60.0 Å². The minimum atomic E-state index is 0.385. The molecular formula is C17H21ClN6. The van der Waals surface area contributed by atoms with Gasteiger partial charge < -0.3 is 14.3 Å². The second-order valence-electron chi connectivity index (χ2n) is 6.63. The Morgan fingerprint density at radius 2 is 2.21 bits per heavy atom. The second-order valence-corrected chi connectivity index (χ2v) is 6.99. The van der Waals surface area contributed by atoms with Gasteiger partial charge in [-0.1, -0.05) is 31.5 Å². The Kier molecular flexibility index (Phi) is 4.02. The molecule has 0 spiro atoms. The summed E-state index contributed by atoms with van der Waals surface area (Å²) in [5, 5.41) is 12.9. The number of nitrogens with zero attached hydrogens (tertiary/aromatic N) is 5. The van der Waals surface area contributed by atoms with E-state index in [-0.39, 0.29) is 0 Å². The lowest BCUT2D eigenvalue weighted by Crippen LogP contribution is -2.38. The quantitative estimate of drug-likeness (QED) is 0.790. The Hall–Kier alpha value is -1.92. The van der Waals surface area contributed by atoms with Crippen LogP contribution in [0.5, 0.6) is 0 Å². The Morgan fingerprint density at radius 3 is 3.04 bits per heavy atom. The van der Waals surface area contributed by atoms with Crippen molar-refractivity contribution in [3.8, 4) is 0 Å². The van der Waals surface area contributed by atoms with Crippen LogP contribution in [0.1, 0.15) is 43.5 Å². The van der Waals surface area contributed by atoms with Crippen molar-refractivity contribution in [3.05, 3.63) is 46.9 Å². The molecule has 0 aromatic carbocycles. The average Bonchev–Trinajstić information content (AvgIpc) is 3.12. The fourth-order valence-corrected chi connectivity index (χ4v) is 3.60. The monoisotopic (exact) mass is 344 g/mol. The fraction of sp³-hybridized carbons (Fsp3) is 0.471. The van der Waals surface area contributed by atoms with Crippen molar-refractivity contribution in [1.82, 2.24) is 29.5 Å². The maximum atomic E-state index is 6.32. The van der Waals surface area contributed by atoms with Gasteiger partial charge in [0, 0.05) is 37.7 Å². The molecule has 0 radical (unpaired) electrons. The number of imidazole rings is 1. The van der Waals surface area contributed by atoms with Crippen LogP contribution in [0.4, 0.5) is 0 Å². The molecule has 3 aromatic rings. The van der Waals surface area contributed by atoms with Crippen LogP contribution in [0, 0.1) is 0 Å². The van der Waals surface area contributed by atoms with E-state index >= 15 is 0 Å². The number of fused-ring (bicyclic) bond motifs is 2. The van der Waals surface area contributed by atoms with Crippen LogP contribution >= 0.6 is 11.6 Å². The highest BCUT2D eigenvalue weighted by Crippen LogP contribution is 2.21. The summed E-state index contributed by atoms with van der Waals surface area (Å²) < 4.78 is 4.31. The number of pyridine rings is 1. The van der Waals surface area contributed by atoms with Gasteiger partial charge in [0.15, 0.2) is 5.15 Å². The molecule has 1 aliphatic rings. The SMILES string of the molecule is CC(C)c1nnc2n1C[C@@H](NCc1c(Cl)nc3ccccn13)CC2. The summed E-state index contributed by atoms with van der Waals surface area (Å²) in [6.07, 6.45) is 4.02. The number of aryl methyl sites for hydroxylation is 1. The molecule has 1 N–H and O–H groups in total.